The molecule has 1 atom stereocenters. The molecule has 10 heteroatoms. The molecule has 3 aromatic rings. The molecule has 0 spiro atoms. The maximum atomic E-state index is 12.9. The van der Waals surface area contributed by atoms with Crippen LogP contribution in [0.2, 0.25) is 0 Å². The molecule has 2 aromatic carbocycles. The summed E-state index contributed by atoms with van der Waals surface area (Å²) in [6.07, 6.45) is -3.11. The summed E-state index contributed by atoms with van der Waals surface area (Å²) in [7, 11) is 0. The second kappa shape index (κ2) is 8.93. The van der Waals surface area contributed by atoms with Crippen molar-refractivity contribution in [2.45, 2.75) is 42.8 Å². The lowest BCUT2D eigenvalue weighted by Gasteiger charge is -2.16. The molecular weight excluding hydrogens is 453 g/mol. The Morgan fingerprint density at radius 1 is 1.03 bits per heavy atom. The van der Waals surface area contributed by atoms with Crippen LogP contribution < -0.4 is 4.90 Å². The second-order valence-corrected chi connectivity index (χ2v) is 8.99. The average molecular weight is 472 g/mol. The van der Waals surface area contributed by atoms with Gasteiger partial charge in [0.15, 0.2) is 0 Å². The van der Waals surface area contributed by atoms with Crippen LogP contribution in [0.4, 0.5) is 18.9 Å². The fraction of sp³-hybridized carbons (Fsp3) is 0.261. The van der Waals surface area contributed by atoms with Gasteiger partial charge in [0.05, 0.1) is 23.1 Å². The van der Waals surface area contributed by atoms with Crippen molar-refractivity contribution in [2.24, 2.45) is 0 Å². The number of alkyl halides is 3. The van der Waals surface area contributed by atoms with E-state index in [0.29, 0.717) is 22.9 Å². The monoisotopic (exact) mass is 472 g/mol. The van der Waals surface area contributed by atoms with Gasteiger partial charge in [-0.25, -0.2) is 9.88 Å². The lowest BCUT2D eigenvalue weighted by atomic mass is 10.0. The summed E-state index contributed by atoms with van der Waals surface area (Å²) in [5.74, 6) is -0.360. The Balaban J connectivity index is 1.50. The summed E-state index contributed by atoms with van der Waals surface area (Å²) in [5, 5.41) is 7.22. The SMILES string of the molecule is CC(C)c1ccc(N2C(=O)CC(Sc3nncc(-c4ccc(C(F)(F)F)cc4)n3)C2=O)cc1. The van der Waals surface area contributed by atoms with E-state index in [9.17, 15) is 22.8 Å². The molecular formula is C23H19F3N4O2S. The molecule has 0 aliphatic carbocycles. The number of hydrogen-bond acceptors (Lipinski definition) is 6. The predicted octanol–water partition coefficient (Wildman–Crippen LogP) is 5.11. The van der Waals surface area contributed by atoms with E-state index in [2.05, 4.69) is 29.0 Å². The molecule has 2 amide bonds. The third kappa shape index (κ3) is 4.90. The number of carbonyl (C=O) groups excluding carboxylic acids is 2. The van der Waals surface area contributed by atoms with Crippen LogP contribution in [0.25, 0.3) is 11.3 Å². The number of aromatic nitrogens is 3. The van der Waals surface area contributed by atoms with Gasteiger partial charge in [-0.05, 0) is 35.7 Å². The molecule has 33 heavy (non-hydrogen) atoms. The van der Waals surface area contributed by atoms with Crippen molar-refractivity contribution in [1.82, 2.24) is 15.2 Å². The van der Waals surface area contributed by atoms with Crippen molar-refractivity contribution in [3.8, 4) is 11.3 Å². The van der Waals surface area contributed by atoms with Gasteiger partial charge >= 0.3 is 6.18 Å². The number of imide groups is 1. The third-order valence-corrected chi connectivity index (χ3v) is 6.25. The highest BCUT2D eigenvalue weighted by atomic mass is 32.2. The van der Waals surface area contributed by atoms with Gasteiger partial charge in [-0.3, -0.25) is 9.59 Å². The fourth-order valence-corrected chi connectivity index (χ4v) is 4.34. The zero-order valence-corrected chi connectivity index (χ0v) is 18.5. The average Bonchev–Trinajstić information content (AvgIpc) is 3.06. The van der Waals surface area contributed by atoms with Crippen LogP contribution in [-0.4, -0.2) is 32.2 Å². The second-order valence-electron chi connectivity index (χ2n) is 7.82. The minimum Gasteiger partial charge on any atom is -0.274 e. The molecule has 0 radical (unpaired) electrons. The zero-order chi connectivity index (χ0) is 23.8. The standard InChI is InChI=1S/C23H19F3N4O2S/c1-13(2)14-5-9-17(10-6-14)30-20(31)11-19(21(30)32)33-22-28-18(12-27-29-22)15-3-7-16(8-4-15)23(24,25)26/h3-10,12-13,19H,11H2,1-2H3. The summed E-state index contributed by atoms with van der Waals surface area (Å²) in [4.78, 5) is 31.0. The molecule has 170 valence electrons. The Hall–Kier alpha value is -3.27. The molecule has 0 saturated carbocycles. The summed E-state index contributed by atoms with van der Waals surface area (Å²) < 4.78 is 38.4. The molecule has 0 N–H and O–H groups in total. The number of benzene rings is 2. The van der Waals surface area contributed by atoms with Gasteiger partial charge in [-0.15, -0.1) is 5.10 Å². The number of rotatable bonds is 5. The van der Waals surface area contributed by atoms with Crippen molar-refractivity contribution in [3.63, 3.8) is 0 Å². The van der Waals surface area contributed by atoms with E-state index in [0.717, 1.165) is 34.4 Å². The third-order valence-electron chi connectivity index (χ3n) is 5.22. The van der Waals surface area contributed by atoms with Crippen molar-refractivity contribution >= 4 is 29.3 Å². The van der Waals surface area contributed by atoms with Crippen molar-refractivity contribution in [3.05, 3.63) is 65.9 Å². The number of nitrogens with zero attached hydrogens (tertiary/aromatic N) is 4. The van der Waals surface area contributed by atoms with Crippen LogP contribution in [0.15, 0.2) is 59.9 Å². The van der Waals surface area contributed by atoms with Gasteiger partial charge < -0.3 is 0 Å². The molecule has 1 unspecified atom stereocenters. The largest absolute Gasteiger partial charge is 0.416 e. The van der Waals surface area contributed by atoms with Crippen LogP contribution in [0.1, 0.15) is 37.3 Å². The normalized spacial score (nSPS) is 16.7. The number of anilines is 1. The molecule has 6 nitrogen and oxygen atoms in total. The number of hydrogen-bond donors (Lipinski definition) is 0. The highest BCUT2D eigenvalue weighted by molar-refractivity contribution is 8.00. The van der Waals surface area contributed by atoms with E-state index in [4.69, 9.17) is 0 Å². The van der Waals surface area contributed by atoms with Gasteiger partial charge in [-0.1, -0.05) is 49.9 Å². The lowest BCUT2D eigenvalue weighted by Crippen LogP contribution is -2.31. The number of amides is 2. The molecule has 4 rings (SSSR count). The van der Waals surface area contributed by atoms with Gasteiger partial charge in [-0.2, -0.15) is 18.3 Å². The minimum absolute atomic E-state index is 0.0106. The van der Waals surface area contributed by atoms with Crippen molar-refractivity contribution in [2.75, 3.05) is 4.90 Å². The minimum atomic E-state index is -4.43. The van der Waals surface area contributed by atoms with E-state index in [-0.39, 0.29) is 23.4 Å². The fourth-order valence-electron chi connectivity index (χ4n) is 3.41. The Morgan fingerprint density at radius 2 is 1.70 bits per heavy atom. The Morgan fingerprint density at radius 3 is 2.30 bits per heavy atom. The highest BCUT2D eigenvalue weighted by Gasteiger charge is 2.40. The Kier molecular flexibility index (Phi) is 6.20. The first-order valence-corrected chi connectivity index (χ1v) is 11.0. The van der Waals surface area contributed by atoms with Gasteiger partial charge in [0, 0.05) is 12.0 Å². The van der Waals surface area contributed by atoms with Crippen molar-refractivity contribution < 1.29 is 22.8 Å². The summed E-state index contributed by atoms with van der Waals surface area (Å²) in [6, 6.07) is 11.8. The van der Waals surface area contributed by atoms with Crippen LogP contribution in [-0.2, 0) is 15.8 Å². The van der Waals surface area contributed by atoms with Crippen LogP contribution in [0.5, 0.6) is 0 Å². The summed E-state index contributed by atoms with van der Waals surface area (Å²) in [5.41, 5.74) is 1.59. The van der Waals surface area contributed by atoms with E-state index >= 15 is 0 Å². The molecule has 1 fully saturated rings. The number of thioether (sulfide) groups is 1. The topological polar surface area (TPSA) is 76.1 Å². The molecule has 1 aromatic heterocycles. The van der Waals surface area contributed by atoms with Gasteiger partial charge in [0.1, 0.15) is 5.25 Å². The van der Waals surface area contributed by atoms with E-state index in [1.54, 1.807) is 12.1 Å². The van der Waals surface area contributed by atoms with Crippen molar-refractivity contribution in [1.29, 1.82) is 0 Å². The zero-order valence-electron chi connectivity index (χ0n) is 17.7. The maximum absolute atomic E-state index is 12.9. The molecule has 1 saturated heterocycles. The quantitative estimate of drug-likeness (QED) is 0.481. The summed E-state index contributed by atoms with van der Waals surface area (Å²) in [6.45, 7) is 4.11. The van der Waals surface area contributed by atoms with Crippen LogP contribution in [0, 0.1) is 0 Å². The van der Waals surface area contributed by atoms with Gasteiger partial charge in [0.25, 0.3) is 0 Å². The smallest absolute Gasteiger partial charge is 0.274 e. The lowest BCUT2D eigenvalue weighted by molar-refractivity contribution is -0.137. The van der Waals surface area contributed by atoms with Crippen LogP contribution in [0.3, 0.4) is 0 Å². The van der Waals surface area contributed by atoms with E-state index < -0.39 is 17.0 Å². The Bertz CT molecular complexity index is 1180. The van der Waals surface area contributed by atoms with E-state index in [1.165, 1.54) is 18.3 Å². The first-order chi connectivity index (χ1) is 15.6. The first-order valence-electron chi connectivity index (χ1n) is 10.1. The highest BCUT2D eigenvalue weighted by Crippen LogP contribution is 2.34. The molecule has 2 heterocycles. The number of halogens is 3. The number of carbonyl (C=O) groups is 2. The molecule has 0 bridgehead atoms. The van der Waals surface area contributed by atoms with Crippen LogP contribution >= 0.6 is 11.8 Å². The summed E-state index contributed by atoms with van der Waals surface area (Å²) >= 11 is 1.01. The first kappa shape index (κ1) is 22.9. The van der Waals surface area contributed by atoms with E-state index in [1.807, 2.05) is 12.1 Å². The van der Waals surface area contributed by atoms with Gasteiger partial charge in [0.2, 0.25) is 17.0 Å². The maximum Gasteiger partial charge on any atom is 0.416 e. The Labute approximate surface area is 192 Å². The molecule has 1 aliphatic rings. The molecule has 1 aliphatic heterocycles. The predicted molar refractivity (Wildman–Crippen MR) is 118 cm³/mol.